The number of benzene rings is 11. The van der Waals surface area contributed by atoms with Gasteiger partial charge in [0.2, 0.25) is 0 Å². The lowest BCUT2D eigenvalue weighted by Gasteiger charge is -2.35. The Balaban J connectivity index is 0.859. The van der Waals surface area contributed by atoms with Crippen molar-refractivity contribution in [3.05, 3.63) is 275 Å². The summed E-state index contributed by atoms with van der Waals surface area (Å²) in [5, 5.41) is 2.58. The van der Waals surface area contributed by atoms with E-state index in [1.807, 2.05) is 0 Å². The molecule has 2 nitrogen and oxygen atoms in total. The summed E-state index contributed by atoms with van der Waals surface area (Å²) in [5.74, 6) is 0. The lowest BCUT2D eigenvalue weighted by Crippen LogP contribution is -2.26. The predicted molar refractivity (Wildman–Crippen MR) is 521 cm³/mol. The summed E-state index contributed by atoms with van der Waals surface area (Å²) in [7, 11) is 0. The molecule has 0 unspecified atom stereocenters. The largest absolute Gasteiger partial charge is 0.310 e. The van der Waals surface area contributed by atoms with Crippen LogP contribution in [0, 0.1) is 0 Å². The third-order valence-electron chi connectivity index (χ3n) is 30.0. The van der Waals surface area contributed by atoms with Gasteiger partial charge in [0.25, 0.3) is 0 Å². The van der Waals surface area contributed by atoms with E-state index in [-0.39, 0.29) is 21.7 Å². The van der Waals surface area contributed by atoms with Crippen molar-refractivity contribution in [2.24, 2.45) is 0 Å². The standard InChI is InChI=1S/C118H142N2/c1-9-17-25-41-73-115(74-42-26-18-10-2)105-53-37-33-49-95(105)97-67-57-87(81-107(97)115)89-59-69-99-101-71-65-93(85-111(101)117(109(99)83-89,77-45-29-21-13-5)78-46-30-22-14-6)119(91-61-63-92(64-62-91)120-113-55-39-35-51-103(113)104-52-36-40-56-114(104)120)94-66-72-102-100-70-60-90(84-110(100)118(112(102)86-94,79-47-31-23-15-7)80-48-32-24-16-8)88-58-68-98-96-50-34-38-54-106(96)116(108(98)82-88,75-43-27-19-11-3)76-44-28-20-12-4/h33-40,49-72,81-86H,9-32,41-48,73-80H2,1-8H3. The average Bonchev–Trinajstić information content (AvgIpc) is 1.57. The van der Waals surface area contributed by atoms with Crippen LogP contribution in [0.4, 0.5) is 17.1 Å². The molecule has 0 atom stereocenters. The number of anilines is 3. The second kappa shape index (κ2) is 39.0. The normalized spacial score (nSPS) is 14.4. The van der Waals surface area contributed by atoms with Crippen molar-refractivity contribution in [1.29, 1.82) is 0 Å². The van der Waals surface area contributed by atoms with Gasteiger partial charge >= 0.3 is 0 Å². The van der Waals surface area contributed by atoms with Gasteiger partial charge in [-0.2, -0.15) is 0 Å². The molecule has 0 amide bonds. The zero-order chi connectivity index (χ0) is 82.5. The Morgan fingerprint density at radius 1 is 0.200 bits per heavy atom. The van der Waals surface area contributed by atoms with Crippen LogP contribution in [0.1, 0.15) is 357 Å². The number of rotatable bonds is 46. The Labute approximate surface area is 724 Å². The Kier molecular flexibility index (Phi) is 27.5. The van der Waals surface area contributed by atoms with E-state index in [2.05, 4.69) is 295 Å². The van der Waals surface area contributed by atoms with Crippen LogP contribution in [0.15, 0.2) is 231 Å². The second-order valence-electron chi connectivity index (χ2n) is 37.6. The van der Waals surface area contributed by atoms with Gasteiger partial charge in [0.15, 0.2) is 0 Å². The van der Waals surface area contributed by atoms with E-state index in [0.29, 0.717) is 0 Å². The third kappa shape index (κ3) is 16.3. The number of fused-ring (bicyclic) bond motifs is 15. The maximum absolute atomic E-state index is 2.75. The summed E-state index contributed by atoms with van der Waals surface area (Å²) in [6.07, 6.45) is 49.9. The molecule has 11 aromatic carbocycles. The van der Waals surface area contributed by atoms with E-state index in [4.69, 9.17) is 0 Å². The van der Waals surface area contributed by atoms with E-state index in [9.17, 15) is 0 Å². The van der Waals surface area contributed by atoms with Crippen molar-refractivity contribution in [1.82, 2.24) is 4.57 Å². The topological polar surface area (TPSA) is 8.17 Å². The van der Waals surface area contributed by atoms with E-state index in [1.54, 1.807) is 33.4 Å². The molecule has 0 N–H and O–H groups in total. The molecular formula is C118H142N2. The molecule has 0 saturated carbocycles. The van der Waals surface area contributed by atoms with E-state index >= 15 is 0 Å². The zero-order valence-electron chi connectivity index (χ0n) is 75.1. The molecule has 4 aliphatic carbocycles. The average molecular weight is 1590 g/mol. The van der Waals surface area contributed by atoms with Crippen LogP contribution >= 0.6 is 0 Å². The molecule has 1 heterocycles. The number of nitrogens with zero attached hydrogens (tertiary/aromatic N) is 2. The van der Waals surface area contributed by atoms with Gasteiger partial charge < -0.3 is 9.47 Å². The monoisotopic (exact) mass is 1590 g/mol. The molecule has 624 valence electrons. The first kappa shape index (κ1) is 84.6. The number of aromatic nitrogens is 1. The fourth-order valence-electron chi connectivity index (χ4n) is 23.8. The molecule has 2 heteroatoms. The Morgan fingerprint density at radius 3 is 0.725 bits per heavy atom. The fraction of sp³-hybridized carbons (Fsp3) is 0.441. The smallest absolute Gasteiger partial charge is 0.0541 e. The van der Waals surface area contributed by atoms with E-state index in [1.165, 1.54) is 354 Å². The number of para-hydroxylation sites is 2. The zero-order valence-corrected chi connectivity index (χ0v) is 75.1. The fourth-order valence-corrected chi connectivity index (χ4v) is 23.8. The Hall–Kier alpha value is -8.98. The second-order valence-corrected chi connectivity index (χ2v) is 37.6. The third-order valence-corrected chi connectivity index (χ3v) is 30.0. The molecule has 0 bridgehead atoms. The number of unbranched alkanes of at least 4 members (excludes halogenated alkanes) is 24. The highest BCUT2D eigenvalue weighted by atomic mass is 15.1. The Morgan fingerprint density at radius 2 is 0.433 bits per heavy atom. The van der Waals surface area contributed by atoms with Crippen molar-refractivity contribution >= 4 is 38.9 Å². The maximum atomic E-state index is 2.75. The minimum Gasteiger partial charge on any atom is -0.310 e. The first-order valence-electron chi connectivity index (χ1n) is 49.1. The highest BCUT2D eigenvalue weighted by Crippen LogP contribution is 2.62. The molecule has 0 fully saturated rings. The van der Waals surface area contributed by atoms with Crippen molar-refractivity contribution < 1.29 is 0 Å². The van der Waals surface area contributed by atoms with Crippen LogP contribution in [-0.2, 0) is 21.7 Å². The molecule has 16 rings (SSSR count). The Bertz CT molecular complexity index is 5080. The van der Waals surface area contributed by atoms with Gasteiger partial charge in [0, 0.05) is 55.2 Å². The van der Waals surface area contributed by atoms with E-state index < -0.39 is 0 Å². The van der Waals surface area contributed by atoms with Crippen molar-refractivity contribution in [2.75, 3.05) is 4.90 Å². The van der Waals surface area contributed by atoms with Gasteiger partial charge in [0.1, 0.15) is 0 Å². The highest BCUT2D eigenvalue weighted by molar-refractivity contribution is 6.09. The first-order chi connectivity index (χ1) is 59.2. The lowest BCUT2D eigenvalue weighted by molar-refractivity contribution is 0.400. The molecule has 0 aliphatic heterocycles. The van der Waals surface area contributed by atoms with Crippen LogP contribution in [0.5, 0.6) is 0 Å². The van der Waals surface area contributed by atoms with Gasteiger partial charge in [-0.05, 0) is 248 Å². The molecule has 120 heavy (non-hydrogen) atoms. The minimum atomic E-state index is -0.170. The summed E-state index contributed by atoms with van der Waals surface area (Å²) in [6, 6.07) is 94.1. The number of hydrogen-bond acceptors (Lipinski definition) is 1. The summed E-state index contributed by atoms with van der Waals surface area (Å²) in [5.41, 5.74) is 36.8. The van der Waals surface area contributed by atoms with Gasteiger partial charge in [-0.15, -0.1) is 0 Å². The maximum Gasteiger partial charge on any atom is 0.0541 e. The van der Waals surface area contributed by atoms with Gasteiger partial charge in [0.05, 0.1) is 11.0 Å². The van der Waals surface area contributed by atoms with E-state index in [0.717, 1.165) is 25.7 Å². The first-order valence-corrected chi connectivity index (χ1v) is 49.1. The molecule has 12 aromatic rings. The summed E-state index contributed by atoms with van der Waals surface area (Å²) in [4.78, 5) is 2.72. The van der Waals surface area contributed by atoms with Crippen LogP contribution in [0.3, 0.4) is 0 Å². The van der Waals surface area contributed by atoms with Crippen molar-refractivity contribution in [2.45, 2.75) is 334 Å². The van der Waals surface area contributed by atoms with Crippen LogP contribution in [-0.4, -0.2) is 4.57 Å². The van der Waals surface area contributed by atoms with Crippen molar-refractivity contribution in [3.63, 3.8) is 0 Å². The predicted octanol–water partition coefficient (Wildman–Crippen LogP) is 36.4. The molecule has 0 spiro atoms. The SMILES string of the molecule is CCCCCCC1(CCCCCC)c2ccccc2-c2ccc(-c3ccc4c(c3)C(CCCCCC)(CCCCCC)c3cc(N(c5ccc(-n6c7ccccc7c7ccccc76)cc5)c5ccc6c(c5)C(CCCCCC)(CCCCCC)c5cc(-c7ccc8c(c7)C(CCCCCC)(CCCCCC)c7ccccc7-8)ccc5-6)ccc3-4)cc21. The molecule has 1 aromatic heterocycles. The van der Waals surface area contributed by atoms with Crippen LogP contribution < -0.4 is 4.90 Å². The van der Waals surface area contributed by atoms with Crippen LogP contribution in [0.25, 0.3) is 94.3 Å². The lowest BCUT2D eigenvalue weighted by atomic mass is 9.69. The van der Waals surface area contributed by atoms with Crippen LogP contribution in [0.2, 0.25) is 0 Å². The highest BCUT2D eigenvalue weighted by Gasteiger charge is 2.48. The van der Waals surface area contributed by atoms with Gasteiger partial charge in [-0.25, -0.2) is 0 Å². The van der Waals surface area contributed by atoms with Gasteiger partial charge in [-0.1, -0.05) is 406 Å². The molecule has 0 saturated heterocycles. The summed E-state index contributed by atoms with van der Waals surface area (Å²) < 4.78 is 2.50. The molecule has 4 aliphatic rings. The number of hydrogen-bond donors (Lipinski definition) is 0. The summed E-state index contributed by atoms with van der Waals surface area (Å²) in [6.45, 7) is 19.0. The van der Waals surface area contributed by atoms with Gasteiger partial charge in [-0.3, -0.25) is 0 Å². The summed E-state index contributed by atoms with van der Waals surface area (Å²) >= 11 is 0. The molecule has 0 radical (unpaired) electrons. The quantitative estimate of drug-likeness (QED) is 0.0345. The van der Waals surface area contributed by atoms with Crippen molar-refractivity contribution in [3.8, 4) is 72.4 Å². The minimum absolute atomic E-state index is 0.0233. The molecular weight excluding hydrogens is 1450 g/mol.